The fraction of sp³-hybridized carbons (Fsp3) is 0.400. The zero-order valence-corrected chi connectivity index (χ0v) is 10.8. The number of rotatable bonds is 5. The molecule has 0 atom stereocenters. The van der Waals surface area contributed by atoms with Crippen LogP contribution in [0.2, 0.25) is 5.28 Å². The van der Waals surface area contributed by atoms with Crippen LogP contribution < -0.4 is 4.74 Å². The second-order valence-corrected chi connectivity index (χ2v) is 4.04. The first-order valence-corrected chi connectivity index (χ1v) is 5.93. The lowest BCUT2D eigenvalue weighted by atomic mass is 10.3. The van der Waals surface area contributed by atoms with Gasteiger partial charge in [0.15, 0.2) is 0 Å². The lowest BCUT2D eigenvalue weighted by Crippen LogP contribution is -2.11. The van der Waals surface area contributed by atoms with Crippen LogP contribution in [0.5, 0.6) is 6.01 Å². The normalized spacial score (nSPS) is 11.6. The number of ether oxygens (including phenoxy) is 1. The molecule has 20 heavy (non-hydrogen) atoms. The van der Waals surface area contributed by atoms with Gasteiger partial charge in [-0.1, -0.05) is 0 Å². The van der Waals surface area contributed by atoms with E-state index in [0.717, 1.165) is 0 Å². The van der Waals surface area contributed by atoms with E-state index in [1.807, 2.05) is 0 Å². The molecule has 0 radical (unpaired) electrons. The summed E-state index contributed by atoms with van der Waals surface area (Å²) >= 11 is 5.69. The summed E-state index contributed by atoms with van der Waals surface area (Å²) in [4.78, 5) is 11.4. The Morgan fingerprint density at radius 2 is 2.05 bits per heavy atom. The monoisotopic (exact) mass is 307 g/mol. The van der Waals surface area contributed by atoms with Gasteiger partial charge in [-0.2, -0.15) is 33.2 Å². The minimum atomic E-state index is -4.21. The van der Waals surface area contributed by atoms with Crippen molar-refractivity contribution in [1.29, 1.82) is 0 Å². The smallest absolute Gasteiger partial charge is 0.389 e. The average Bonchev–Trinajstić information content (AvgIpc) is 2.86. The molecule has 0 aromatic carbocycles. The van der Waals surface area contributed by atoms with Gasteiger partial charge in [0.05, 0.1) is 6.61 Å². The minimum absolute atomic E-state index is 0.126. The molecule has 0 aliphatic carbocycles. The Labute approximate surface area is 116 Å². The molecule has 2 aromatic rings. The van der Waals surface area contributed by atoms with Crippen LogP contribution in [-0.4, -0.2) is 37.5 Å². The fourth-order valence-corrected chi connectivity index (χ4v) is 1.46. The van der Waals surface area contributed by atoms with Crippen molar-refractivity contribution < 1.29 is 17.9 Å². The van der Waals surface area contributed by atoms with Gasteiger partial charge < -0.3 is 4.74 Å². The van der Waals surface area contributed by atoms with Crippen LogP contribution >= 0.6 is 11.6 Å². The SMILES string of the molecule is FC(F)(F)CCCOc1nc(Cl)nc(-n2cccn2)n1. The zero-order chi connectivity index (χ0) is 14.6. The molecule has 2 heterocycles. The van der Waals surface area contributed by atoms with Crippen molar-refractivity contribution >= 4 is 11.6 Å². The van der Waals surface area contributed by atoms with Gasteiger partial charge in [-0.05, 0) is 24.1 Å². The van der Waals surface area contributed by atoms with Gasteiger partial charge in [0, 0.05) is 18.8 Å². The number of hydrogen-bond acceptors (Lipinski definition) is 5. The second-order valence-electron chi connectivity index (χ2n) is 3.70. The Balaban J connectivity index is 1.98. The summed E-state index contributed by atoms with van der Waals surface area (Å²) in [6.07, 6.45) is -2.23. The van der Waals surface area contributed by atoms with Crippen LogP contribution in [0.1, 0.15) is 12.8 Å². The quantitative estimate of drug-likeness (QED) is 0.794. The molecule has 0 unspecified atom stereocenters. The van der Waals surface area contributed by atoms with Crippen LogP contribution in [-0.2, 0) is 0 Å². The van der Waals surface area contributed by atoms with Crippen LogP contribution in [0, 0.1) is 0 Å². The molecule has 0 saturated carbocycles. The number of hydrogen-bond donors (Lipinski definition) is 0. The van der Waals surface area contributed by atoms with E-state index in [0.29, 0.717) is 0 Å². The van der Waals surface area contributed by atoms with Gasteiger partial charge >= 0.3 is 12.2 Å². The lowest BCUT2D eigenvalue weighted by Gasteiger charge is -2.07. The predicted octanol–water partition coefficient (Wildman–Crippen LogP) is 2.43. The van der Waals surface area contributed by atoms with Crippen LogP contribution in [0.25, 0.3) is 5.95 Å². The molecule has 6 nitrogen and oxygen atoms in total. The molecule has 108 valence electrons. The molecule has 10 heteroatoms. The Bertz CT molecular complexity index is 561. The highest BCUT2D eigenvalue weighted by Gasteiger charge is 2.26. The summed E-state index contributed by atoms with van der Waals surface area (Å²) < 4.78 is 42.3. The molecule has 0 saturated heterocycles. The summed E-state index contributed by atoms with van der Waals surface area (Å²) in [5, 5.41) is 3.77. The molecule has 0 amide bonds. The summed E-state index contributed by atoms with van der Waals surface area (Å²) in [6.45, 7) is -0.168. The highest BCUT2D eigenvalue weighted by Crippen LogP contribution is 2.21. The first kappa shape index (κ1) is 14.5. The third kappa shape index (κ3) is 4.34. The summed E-state index contributed by atoms with van der Waals surface area (Å²) in [7, 11) is 0. The van der Waals surface area contributed by atoms with Crippen LogP contribution in [0.3, 0.4) is 0 Å². The maximum absolute atomic E-state index is 12.0. The number of nitrogens with zero attached hydrogens (tertiary/aromatic N) is 5. The van der Waals surface area contributed by atoms with Crippen LogP contribution in [0.4, 0.5) is 13.2 Å². The van der Waals surface area contributed by atoms with Gasteiger partial charge in [0.1, 0.15) is 0 Å². The van der Waals surface area contributed by atoms with Crippen molar-refractivity contribution in [2.75, 3.05) is 6.61 Å². The molecule has 0 spiro atoms. The van der Waals surface area contributed by atoms with E-state index in [1.54, 1.807) is 12.3 Å². The van der Waals surface area contributed by atoms with E-state index in [2.05, 4.69) is 20.1 Å². The maximum atomic E-state index is 12.0. The molecule has 0 N–H and O–H groups in total. The summed E-state index contributed by atoms with van der Waals surface area (Å²) in [5.41, 5.74) is 0. The van der Waals surface area contributed by atoms with Crippen LogP contribution in [0.15, 0.2) is 18.5 Å². The van der Waals surface area contributed by atoms with Gasteiger partial charge in [-0.3, -0.25) is 0 Å². The van der Waals surface area contributed by atoms with E-state index in [1.165, 1.54) is 10.9 Å². The maximum Gasteiger partial charge on any atom is 0.389 e. The third-order valence-corrected chi connectivity index (χ3v) is 2.29. The van der Waals surface area contributed by atoms with E-state index in [9.17, 15) is 13.2 Å². The number of alkyl halides is 3. The van der Waals surface area contributed by atoms with Gasteiger partial charge in [0.2, 0.25) is 5.28 Å². The number of halogens is 4. The molecule has 0 aliphatic rings. The van der Waals surface area contributed by atoms with Gasteiger partial charge in [-0.25, -0.2) is 4.68 Å². The third-order valence-electron chi connectivity index (χ3n) is 2.12. The Morgan fingerprint density at radius 3 is 2.70 bits per heavy atom. The minimum Gasteiger partial charge on any atom is -0.463 e. The molecule has 0 bridgehead atoms. The lowest BCUT2D eigenvalue weighted by molar-refractivity contribution is -0.136. The fourth-order valence-electron chi connectivity index (χ4n) is 1.31. The first-order chi connectivity index (χ1) is 9.44. The second kappa shape index (κ2) is 6.04. The largest absolute Gasteiger partial charge is 0.463 e. The van der Waals surface area contributed by atoms with Crippen molar-refractivity contribution in [3.05, 3.63) is 23.7 Å². The van der Waals surface area contributed by atoms with Crippen molar-refractivity contribution in [2.24, 2.45) is 0 Å². The van der Waals surface area contributed by atoms with Gasteiger partial charge in [-0.15, -0.1) is 0 Å². The molecule has 0 fully saturated rings. The van der Waals surface area contributed by atoms with Crippen molar-refractivity contribution in [3.8, 4) is 12.0 Å². The Morgan fingerprint density at radius 1 is 1.25 bits per heavy atom. The number of aromatic nitrogens is 5. The summed E-state index contributed by atoms with van der Waals surface area (Å²) in [6, 6.07) is 1.51. The topological polar surface area (TPSA) is 65.7 Å². The highest BCUT2D eigenvalue weighted by molar-refractivity contribution is 6.28. The standard InChI is InChI=1S/C10H9ClF3N5O/c11-7-16-8(19-5-2-4-15-19)18-9(17-7)20-6-1-3-10(12,13)14/h2,4-5H,1,3,6H2. The zero-order valence-electron chi connectivity index (χ0n) is 10.0. The Hall–Kier alpha value is -1.90. The molecular formula is C10H9ClF3N5O. The molecule has 2 rings (SSSR count). The van der Waals surface area contributed by atoms with E-state index in [-0.39, 0.29) is 30.3 Å². The molecular weight excluding hydrogens is 299 g/mol. The Kier molecular flexibility index (Phi) is 4.38. The van der Waals surface area contributed by atoms with E-state index in [4.69, 9.17) is 16.3 Å². The van der Waals surface area contributed by atoms with E-state index < -0.39 is 12.6 Å². The van der Waals surface area contributed by atoms with Crippen molar-refractivity contribution in [2.45, 2.75) is 19.0 Å². The highest BCUT2D eigenvalue weighted by atomic mass is 35.5. The average molecular weight is 308 g/mol. The van der Waals surface area contributed by atoms with Gasteiger partial charge in [0.25, 0.3) is 5.95 Å². The first-order valence-electron chi connectivity index (χ1n) is 5.55. The molecule has 0 aliphatic heterocycles. The van der Waals surface area contributed by atoms with E-state index >= 15 is 0 Å². The van der Waals surface area contributed by atoms with Crippen molar-refractivity contribution in [1.82, 2.24) is 24.7 Å². The predicted molar refractivity (Wildman–Crippen MR) is 62.7 cm³/mol. The van der Waals surface area contributed by atoms with Crippen molar-refractivity contribution in [3.63, 3.8) is 0 Å². The molecule has 2 aromatic heterocycles. The summed E-state index contributed by atoms with van der Waals surface area (Å²) in [5.74, 6) is 0.126.